The van der Waals surface area contributed by atoms with Crippen molar-refractivity contribution in [2.75, 3.05) is 20.2 Å². The Balaban J connectivity index is 1.73. The third kappa shape index (κ3) is 3.28. The number of carbonyl (C=O) groups is 2. The summed E-state index contributed by atoms with van der Waals surface area (Å²) in [5.74, 6) is 0.329. The van der Waals surface area contributed by atoms with E-state index in [9.17, 15) is 18.0 Å². The van der Waals surface area contributed by atoms with E-state index in [1.807, 2.05) is 0 Å². The van der Waals surface area contributed by atoms with Crippen LogP contribution in [0.3, 0.4) is 0 Å². The van der Waals surface area contributed by atoms with Crippen LogP contribution < -0.4 is 4.74 Å². The Morgan fingerprint density at radius 1 is 1.08 bits per heavy atom. The highest BCUT2D eigenvalue weighted by Crippen LogP contribution is 2.28. The van der Waals surface area contributed by atoms with E-state index >= 15 is 0 Å². The van der Waals surface area contributed by atoms with E-state index in [2.05, 4.69) is 0 Å². The highest BCUT2D eigenvalue weighted by atomic mass is 32.2. The van der Waals surface area contributed by atoms with Gasteiger partial charge in [0.1, 0.15) is 5.75 Å². The standard InChI is InChI=1S/C17H22N2O5S/c1-12-11-14(24-2)3-4-15(12)25(22,23)18-9-7-13(8-10-18)19-16(20)5-6-17(19)21/h3-4,11,13H,5-10H2,1-2H3. The Morgan fingerprint density at radius 3 is 2.20 bits per heavy atom. The number of sulfonamides is 1. The Morgan fingerprint density at radius 2 is 1.68 bits per heavy atom. The fourth-order valence-electron chi connectivity index (χ4n) is 3.52. The van der Waals surface area contributed by atoms with Crippen molar-refractivity contribution in [3.63, 3.8) is 0 Å². The number of rotatable bonds is 4. The summed E-state index contributed by atoms with van der Waals surface area (Å²) in [6, 6.07) is 4.70. The third-order valence-corrected chi connectivity index (χ3v) is 6.94. The maximum atomic E-state index is 12.9. The van der Waals surface area contributed by atoms with Gasteiger partial charge in [0.2, 0.25) is 21.8 Å². The predicted octanol–water partition coefficient (Wildman–Crippen LogP) is 1.31. The number of piperidine rings is 1. The van der Waals surface area contributed by atoms with Gasteiger partial charge < -0.3 is 4.74 Å². The van der Waals surface area contributed by atoms with Gasteiger partial charge in [-0.2, -0.15) is 4.31 Å². The number of carbonyl (C=O) groups excluding carboxylic acids is 2. The summed E-state index contributed by atoms with van der Waals surface area (Å²) in [5, 5.41) is 0. The minimum Gasteiger partial charge on any atom is -0.497 e. The van der Waals surface area contributed by atoms with Crippen LogP contribution in [0.1, 0.15) is 31.2 Å². The number of nitrogens with zero attached hydrogens (tertiary/aromatic N) is 2. The molecular weight excluding hydrogens is 344 g/mol. The molecule has 0 aromatic heterocycles. The number of amides is 2. The summed E-state index contributed by atoms with van der Waals surface area (Å²) >= 11 is 0. The second-order valence-corrected chi connectivity index (χ2v) is 8.33. The van der Waals surface area contributed by atoms with Crippen molar-refractivity contribution in [2.45, 2.75) is 43.5 Å². The van der Waals surface area contributed by atoms with Gasteiger partial charge in [-0.05, 0) is 43.5 Å². The lowest BCUT2D eigenvalue weighted by Crippen LogP contribution is -2.48. The number of methoxy groups -OCH3 is 1. The molecule has 2 aliphatic rings. The average Bonchev–Trinajstić information content (AvgIpc) is 2.93. The van der Waals surface area contributed by atoms with Gasteiger partial charge in [0.15, 0.2) is 0 Å². The van der Waals surface area contributed by atoms with Crippen molar-refractivity contribution in [3.8, 4) is 5.75 Å². The van der Waals surface area contributed by atoms with Crippen LogP contribution in [0.15, 0.2) is 23.1 Å². The molecule has 8 heteroatoms. The molecule has 2 fully saturated rings. The van der Waals surface area contributed by atoms with Crippen LogP contribution in [0, 0.1) is 6.92 Å². The van der Waals surface area contributed by atoms with Gasteiger partial charge in [-0.3, -0.25) is 14.5 Å². The molecule has 25 heavy (non-hydrogen) atoms. The second-order valence-electron chi connectivity index (χ2n) is 6.42. The number of aryl methyl sites for hydroxylation is 1. The van der Waals surface area contributed by atoms with Crippen LogP contribution in [0.25, 0.3) is 0 Å². The van der Waals surface area contributed by atoms with Gasteiger partial charge in [-0.15, -0.1) is 0 Å². The summed E-state index contributed by atoms with van der Waals surface area (Å²) in [6.07, 6.45) is 1.49. The Hall–Kier alpha value is -1.93. The van der Waals surface area contributed by atoms with Crippen molar-refractivity contribution in [1.29, 1.82) is 0 Å². The number of hydrogen-bond donors (Lipinski definition) is 0. The van der Waals surface area contributed by atoms with Crippen molar-refractivity contribution < 1.29 is 22.7 Å². The molecule has 2 saturated heterocycles. The SMILES string of the molecule is COc1ccc(S(=O)(=O)N2CCC(N3C(=O)CCC3=O)CC2)c(C)c1. The van der Waals surface area contributed by atoms with E-state index in [1.165, 1.54) is 16.3 Å². The Kier molecular flexibility index (Phi) is 4.83. The van der Waals surface area contributed by atoms with Gasteiger partial charge >= 0.3 is 0 Å². The first kappa shape index (κ1) is 17.9. The predicted molar refractivity (Wildman–Crippen MR) is 90.6 cm³/mol. The summed E-state index contributed by atoms with van der Waals surface area (Å²) in [7, 11) is -2.07. The van der Waals surface area contributed by atoms with Crippen LogP contribution in [0.2, 0.25) is 0 Å². The van der Waals surface area contributed by atoms with Crippen LogP contribution in [-0.4, -0.2) is 55.7 Å². The van der Waals surface area contributed by atoms with Crippen molar-refractivity contribution in [2.24, 2.45) is 0 Å². The van der Waals surface area contributed by atoms with Crippen LogP contribution >= 0.6 is 0 Å². The maximum absolute atomic E-state index is 12.9. The van der Waals surface area contributed by atoms with Gasteiger partial charge in [-0.1, -0.05) is 0 Å². The van der Waals surface area contributed by atoms with E-state index in [-0.39, 0.29) is 35.6 Å². The minimum atomic E-state index is -3.60. The lowest BCUT2D eigenvalue weighted by atomic mass is 10.1. The highest BCUT2D eigenvalue weighted by Gasteiger charge is 2.38. The normalized spacial score (nSPS) is 20.3. The number of hydrogen-bond acceptors (Lipinski definition) is 5. The van der Waals surface area contributed by atoms with Gasteiger partial charge in [0, 0.05) is 32.0 Å². The first-order valence-corrected chi connectivity index (χ1v) is 9.78. The summed E-state index contributed by atoms with van der Waals surface area (Å²) in [6.45, 7) is 2.34. The minimum absolute atomic E-state index is 0.141. The molecule has 2 amide bonds. The average molecular weight is 366 g/mol. The first-order valence-electron chi connectivity index (χ1n) is 8.34. The van der Waals surface area contributed by atoms with Crippen molar-refractivity contribution in [1.82, 2.24) is 9.21 Å². The van der Waals surface area contributed by atoms with E-state index in [4.69, 9.17) is 4.74 Å². The Bertz CT molecular complexity index is 781. The molecule has 3 rings (SSSR count). The number of benzene rings is 1. The number of likely N-dealkylation sites (tertiary alicyclic amines) is 1. The zero-order valence-corrected chi connectivity index (χ0v) is 15.2. The fourth-order valence-corrected chi connectivity index (χ4v) is 5.19. The monoisotopic (exact) mass is 366 g/mol. The molecular formula is C17H22N2O5S. The second kappa shape index (κ2) is 6.76. The molecule has 0 N–H and O–H groups in total. The van der Waals surface area contributed by atoms with E-state index in [0.29, 0.717) is 37.2 Å². The van der Waals surface area contributed by atoms with Crippen LogP contribution in [0.4, 0.5) is 0 Å². The maximum Gasteiger partial charge on any atom is 0.243 e. The van der Waals surface area contributed by atoms with Crippen LogP contribution in [-0.2, 0) is 19.6 Å². The molecule has 136 valence electrons. The smallest absolute Gasteiger partial charge is 0.243 e. The topological polar surface area (TPSA) is 84.0 Å². The van der Waals surface area contributed by atoms with E-state index in [1.54, 1.807) is 25.1 Å². The molecule has 0 aliphatic carbocycles. The molecule has 0 spiro atoms. The summed E-state index contributed by atoms with van der Waals surface area (Å²) < 4.78 is 32.4. The first-order chi connectivity index (χ1) is 11.8. The van der Waals surface area contributed by atoms with Crippen molar-refractivity contribution >= 4 is 21.8 Å². The Labute approximate surface area is 147 Å². The largest absolute Gasteiger partial charge is 0.497 e. The zero-order chi connectivity index (χ0) is 18.2. The molecule has 0 unspecified atom stereocenters. The summed E-state index contributed by atoms with van der Waals surface area (Å²) in [4.78, 5) is 25.3. The molecule has 0 bridgehead atoms. The molecule has 1 aromatic rings. The fraction of sp³-hybridized carbons (Fsp3) is 0.529. The van der Waals surface area contributed by atoms with Gasteiger partial charge in [0.25, 0.3) is 0 Å². The van der Waals surface area contributed by atoms with E-state index < -0.39 is 10.0 Å². The van der Waals surface area contributed by atoms with E-state index in [0.717, 1.165) is 0 Å². The quantitative estimate of drug-likeness (QED) is 0.750. The van der Waals surface area contributed by atoms with Crippen molar-refractivity contribution in [3.05, 3.63) is 23.8 Å². The molecule has 1 aromatic carbocycles. The lowest BCUT2D eigenvalue weighted by Gasteiger charge is -2.35. The van der Waals surface area contributed by atoms with Gasteiger partial charge in [-0.25, -0.2) is 8.42 Å². The third-order valence-electron chi connectivity index (χ3n) is 4.88. The molecule has 2 heterocycles. The molecule has 0 atom stereocenters. The van der Waals surface area contributed by atoms with Crippen LogP contribution in [0.5, 0.6) is 5.75 Å². The molecule has 7 nitrogen and oxygen atoms in total. The van der Waals surface area contributed by atoms with Gasteiger partial charge in [0.05, 0.1) is 12.0 Å². The summed E-state index contributed by atoms with van der Waals surface area (Å²) in [5.41, 5.74) is 0.631. The molecule has 2 aliphatic heterocycles. The molecule has 0 saturated carbocycles. The highest BCUT2D eigenvalue weighted by molar-refractivity contribution is 7.89. The molecule has 0 radical (unpaired) electrons. The lowest BCUT2D eigenvalue weighted by molar-refractivity contribution is -0.141. The number of ether oxygens (including phenoxy) is 1. The number of imide groups is 1. The zero-order valence-electron chi connectivity index (χ0n) is 14.4.